The topological polar surface area (TPSA) is 66.8 Å². The first kappa shape index (κ1) is 26.3. The number of amides is 1. The molecule has 1 aliphatic heterocycles. The molecule has 1 saturated carbocycles. The van der Waals surface area contributed by atoms with Crippen LogP contribution < -0.4 is 0 Å². The Hall–Kier alpha value is -2.28. The van der Waals surface area contributed by atoms with E-state index in [1.165, 1.54) is 36.8 Å². The van der Waals surface area contributed by atoms with Gasteiger partial charge in [0.05, 0.1) is 6.04 Å². The molecule has 1 unspecified atom stereocenters. The number of aliphatic hydroxyl groups is 1. The van der Waals surface area contributed by atoms with E-state index in [0.29, 0.717) is 25.8 Å². The summed E-state index contributed by atoms with van der Waals surface area (Å²) in [6, 6.07) is 6.97. The van der Waals surface area contributed by atoms with Gasteiger partial charge in [-0.2, -0.15) is 8.78 Å². The summed E-state index contributed by atoms with van der Waals surface area (Å²) in [7, 11) is 0. The van der Waals surface area contributed by atoms with E-state index in [-0.39, 0.29) is 29.6 Å². The van der Waals surface area contributed by atoms with E-state index in [0.717, 1.165) is 57.4 Å². The number of hydrogen-bond acceptors (Lipinski definition) is 4. The fourth-order valence-corrected chi connectivity index (χ4v) is 4.76. The van der Waals surface area contributed by atoms with E-state index in [4.69, 9.17) is 4.74 Å². The SMILES string of the molecule is O=C(CCCCCCN1C(=O)CC[C@@H]1/C=C/C(O)C(F)(F)c1ccccc1)OC1CCCCC1. The van der Waals surface area contributed by atoms with Crippen molar-refractivity contribution >= 4 is 11.9 Å². The van der Waals surface area contributed by atoms with Crippen LogP contribution in [0, 0.1) is 0 Å². The maximum Gasteiger partial charge on any atom is 0.306 e. The molecule has 2 atom stereocenters. The van der Waals surface area contributed by atoms with E-state index in [1.54, 1.807) is 11.0 Å². The van der Waals surface area contributed by atoms with Gasteiger partial charge >= 0.3 is 11.9 Å². The molecule has 1 aliphatic carbocycles. The first-order valence-corrected chi connectivity index (χ1v) is 12.7. The number of benzene rings is 1. The molecule has 0 aromatic heterocycles. The van der Waals surface area contributed by atoms with Gasteiger partial charge in [0.1, 0.15) is 12.2 Å². The molecule has 34 heavy (non-hydrogen) atoms. The van der Waals surface area contributed by atoms with Crippen molar-refractivity contribution in [3.63, 3.8) is 0 Å². The highest BCUT2D eigenvalue weighted by molar-refractivity contribution is 5.79. The number of likely N-dealkylation sites (tertiary alicyclic amines) is 1. The number of carbonyl (C=O) groups is 2. The highest BCUT2D eigenvalue weighted by Crippen LogP contribution is 2.33. The minimum absolute atomic E-state index is 0.00928. The summed E-state index contributed by atoms with van der Waals surface area (Å²) in [4.78, 5) is 25.9. The number of halogens is 2. The number of alkyl halides is 2. The molecule has 2 aliphatic rings. The number of nitrogens with zero attached hydrogens (tertiary/aromatic N) is 1. The largest absolute Gasteiger partial charge is 0.462 e. The van der Waals surface area contributed by atoms with Crippen molar-refractivity contribution < 1.29 is 28.2 Å². The van der Waals surface area contributed by atoms with Crippen molar-refractivity contribution in [2.75, 3.05) is 6.54 Å². The molecular weight excluding hydrogens is 440 g/mol. The van der Waals surface area contributed by atoms with Gasteiger partial charge in [0.25, 0.3) is 0 Å². The molecule has 1 amide bonds. The lowest BCUT2D eigenvalue weighted by Crippen LogP contribution is -2.34. The second-order valence-electron chi connectivity index (χ2n) is 9.43. The van der Waals surface area contributed by atoms with Gasteiger partial charge in [-0.1, -0.05) is 61.7 Å². The van der Waals surface area contributed by atoms with Gasteiger partial charge in [-0.05, 0) is 44.9 Å². The van der Waals surface area contributed by atoms with Crippen LogP contribution in [0.25, 0.3) is 0 Å². The Bertz CT molecular complexity index is 808. The van der Waals surface area contributed by atoms with Gasteiger partial charge in [0.15, 0.2) is 0 Å². The number of carbonyl (C=O) groups excluding carboxylic acids is 2. The van der Waals surface area contributed by atoms with Crippen LogP contribution in [0.3, 0.4) is 0 Å². The standard InChI is InChI=1S/C27H37F2NO4/c28-27(29,21-11-5-3-6-12-21)24(31)18-16-22-17-19-25(32)30(22)20-10-2-1-9-15-26(33)34-23-13-7-4-8-14-23/h3,5-6,11-12,16,18,22-24,31H,1-2,4,7-10,13-15,17,19-20H2/b18-16+/t22-,24?/m0/s1. The molecule has 1 heterocycles. The number of ether oxygens (including phenoxy) is 1. The Kier molecular flexibility index (Phi) is 10.1. The van der Waals surface area contributed by atoms with Gasteiger partial charge in [0.2, 0.25) is 5.91 Å². The van der Waals surface area contributed by atoms with Crippen molar-refractivity contribution in [2.45, 2.75) is 101 Å². The summed E-state index contributed by atoms with van der Waals surface area (Å²) in [6.07, 6.45) is 10.9. The highest BCUT2D eigenvalue weighted by atomic mass is 19.3. The third kappa shape index (κ3) is 7.62. The van der Waals surface area contributed by atoms with Crippen LogP contribution in [0.2, 0.25) is 0 Å². The van der Waals surface area contributed by atoms with E-state index in [1.807, 2.05) is 0 Å². The number of rotatable bonds is 12. The zero-order chi connectivity index (χ0) is 24.4. The predicted octanol–water partition coefficient (Wildman–Crippen LogP) is 5.51. The molecule has 1 saturated heterocycles. The van der Waals surface area contributed by atoms with Crippen LogP contribution in [0.1, 0.15) is 82.6 Å². The van der Waals surface area contributed by atoms with E-state index >= 15 is 0 Å². The molecule has 0 spiro atoms. The Balaban J connectivity index is 1.37. The molecule has 7 heteroatoms. The molecular formula is C27H37F2NO4. The second kappa shape index (κ2) is 13.0. The van der Waals surface area contributed by atoms with Crippen LogP contribution >= 0.6 is 0 Å². The second-order valence-corrected chi connectivity index (χ2v) is 9.43. The zero-order valence-corrected chi connectivity index (χ0v) is 19.8. The number of unbranched alkanes of at least 4 members (excludes halogenated alkanes) is 3. The monoisotopic (exact) mass is 477 g/mol. The molecule has 0 radical (unpaired) electrons. The highest BCUT2D eigenvalue weighted by Gasteiger charge is 2.39. The van der Waals surface area contributed by atoms with Crippen LogP contribution in [0.5, 0.6) is 0 Å². The summed E-state index contributed by atoms with van der Waals surface area (Å²) < 4.78 is 34.5. The van der Waals surface area contributed by atoms with Crippen molar-refractivity contribution in [2.24, 2.45) is 0 Å². The quantitative estimate of drug-likeness (QED) is 0.245. The molecule has 188 valence electrons. The van der Waals surface area contributed by atoms with E-state index in [2.05, 4.69) is 0 Å². The number of aliphatic hydroxyl groups excluding tert-OH is 1. The van der Waals surface area contributed by atoms with E-state index < -0.39 is 12.0 Å². The average molecular weight is 478 g/mol. The third-order valence-electron chi connectivity index (χ3n) is 6.80. The van der Waals surface area contributed by atoms with Crippen molar-refractivity contribution in [1.29, 1.82) is 0 Å². The molecule has 1 aromatic rings. The Morgan fingerprint density at radius 1 is 1.09 bits per heavy atom. The van der Waals surface area contributed by atoms with E-state index in [9.17, 15) is 23.5 Å². The normalized spacial score (nSPS) is 20.7. The molecule has 0 bridgehead atoms. The zero-order valence-electron chi connectivity index (χ0n) is 19.8. The van der Waals surface area contributed by atoms with Crippen molar-refractivity contribution in [3.8, 4) is 0 Å². The van der Waals surface area contributed by atoms with Gasteiger partial charge in [-0.25, -0.2) is 0 Å². The van der Waals surface area contributed by atoms with Crippen LogP contribution in [-0.2, 0) is 20.2 Å². The summed E-state index contributed by atoms with van der Waals surface area (Å²) >= 11 is 0. The van der Waals surface area contributed by atoms with Gasteiger partial charge < -0.3 is 14.7 Å². The molecule has 1 aromatic carbocycles. The molecule has 2 fully saturated rings. The minimum atomic E-state index is -3.40. The van der Waals surface area contributed by atoms with Gasteiger partial charge in [0, 0.05) is 24.9 Å². The Morgan fingerprint density at radius 3 is 2.53 bits per heavy atom. The third-order valence-corrected chi connectivity index (χ3v) is 6.80. The maximum absolute atomic E-state index is 14.5. The predicted molar refractivity (Wildman–Crippen MR) is 126 cm³/mol. The summed E-state index contributed by atoms with van der Waals surface area (Å²) in [6.45, 7) is 0.547. The Morgan fingerprint density at radius 2 is 1.79 bits per heavy atom. The van der Waals surface area contributed by atoms with Crippen molar-refractivity contribution in [1.82, 2.24) is 4.90 Å². The van der Waals surface area contributed by atoms with Crippen LogP contribution in [-0.4, -0.2) is 46.7 Å². The van der Waals surface area contributed by atoms with Crippen LogP contribution in [0.4, 0.5) is 8.78 Å². The average Bonchev–Trinajstić information content (AvgIpc) is 3.20. The lowest BCUT2D eigenvalue weighted by atomic mass is 9.98. The number of hydrogen-bond donors (Lipinski definition) is 1. The molecule has 3 rings (SSSR count). The Labute approximate surface area is 201 Å². The summed E-state index contributed by atoms with van der Waals surface area (Å²) in [5.41, 5.74) is -0.242. The fourth-order valence-electron chi connectivity index (χ4n) is 4.76. The summed E-state index contributed by atoms with van der Waals surface area (Å²) in [5.74, 6) is -3.50. The van der Waals surface area contributed by atoms with Gasteiger partial charge in [-0.3, -0.25) is 9.59 Å². The maximum atomic E-state index is 14.5. The van der Waals surface area contributed by atoms with Crippen LogP contribution in [0.15, 0.2) is 42.5 Å². The van der Waals surface area contributed by atoms with Crippen molar-refractivity contribution in [3.05, 3.63) is 48.0 Å². The lowest BCUT2D eigenvalue weighted by Gasteiger charge is -2.24. The fraction of sp³-hybridized carbons (Fsp3) is 0.630. The minimum Gasteiger partial charge on any atom is -0.462 e. The first-order chi connectivity index (χ1) is 16.4. The number of esters is 1. The smallest absolute Gasteiger partial charge is 0.306 e. The lowest BCUT2D eigenvalue weighted by molar-refractivity contribution is -0.150. The summed E-state index contributed by atoms with van der Waals surface area (Å²) in [5, 5.41) is 10.1. The van der Waals surface area contributed by atoms with Gasteiger partial charge in [-0.15, -0.1) is 0 Å². The molecule has 1 N–H and O–H groups in total. The molecule has 5 nitrogen and oxygen atoms in total. The first-order valence-electron chi connectivity index (χ1n) is 12.7.